The Morgan fingerprint density at radius 2 is 1.97 bits per heavy atom. The lowest BCUT2D eigenvalue weighted by Crippen LogP contribution is -2.29. The summed E-state index contributed by atoms with van der Waals surface area (Å²) in [7, 11) is 0. The van der Waals surface area contributed by atoms with Gasteiger partial charge in [-0.2, -0.15) is 5.10 Å². The van der Waals surface area contributed by atoms with Crippen molar-refractivity contribution in [2.75, 3.05) is 0 Å². The molecule has 0 unspecified atom stereocenters. The second-order valence-corrected chi connectivity index (χ2v) is 7.31. The second-order valence-electron chi connectivity index (χ2n) is 7.31. The van der Waals surface area contributed by atoms with Crippen LogP contribution in [0.3, 0.4) is 0 Å². The van der Waals surface area contributed by atoms with Crippen molar-refractivity contribution in [3.63, 3.8) is 0 Å². The van der Waals surface area contributed by atoms with Crippen molar-refractivity contribution in [3.8, 4) is 11.3 Å². The molecule has 1 saturated carbocycles. The number of carbonyl (C=O) groups excluding carboxylic acids is 1. The molecule has 3 aromatic rings. The molecule has 2 bridgehead atoms. The number of allylic oxidation sites excluding steroid dienone is 1. The summed E-state index contributed by atoms with van der Waals surface area (Å²) in [5.74, 6) is -2.11. The number of fused-ring (bicyclic) bond motifs is 5. The second kappa shape index (κ2) is 5.97. The molecule has 2 atom stereocenters. The standard InChI is InChI=1S/C21H15F2N5O/c1-10-11-5-6-21(10,17-9-25-8-16(26-17)20(24)29)19-12(11)7-15(27-28-19)18-13(22)3-2-4-14(18)23/h2-4,7-9,11H,1,5-6H2,(H2,24,29)/t11-,21+/m0/s1. The van der Waals surface area contributed by atoms with Crippen molar-refractivity contribution in [1.29, 1.82) is 0 Å². The molecule has 0 saturated heterocycles. The topological polar surface area (TPSA) is 94.7 Å². The molecule has 1 amide bonds. The molecule has 0 aliphatic heterocycles. The number of hydrogen-bond acceptors (Lipinski definition) is 5. The maximum Gasteiger partial charge on any atom is 0.268 e. The predicted molar refractivity (Wildman–Crippen MR) is 99.8 cm³/mol. The normalized spacial score (nSPS) is 22.0. The average Bonchev–Trinajstić information content (AvgIpc) is 3.17. The number of amides is 1. The number of primary amides is 1. The van der Waals surface area contributed by atoms with Gasteiger partial charge in [0.05, 0.1) is 34.3 Å². The van der Waals surface area contributed by atoms with Gasteiger partial charge in [0, 0.05) is 12.1 Å². The van der Waals surface area contributed by atoms with Crippen LogP contribution in [-0.2, 0) is 5.41 Å². The molecule has 2 aliphatic rings. The van der Waals surface area contributed by atoms with Crippen LogP contribution in [0.25, 0.3) is 11.3 Å². The Labute approximate surface area is 164 Å². The van der Waals surface area contributed by atoms with Gasteiger partial charge in [-0.3, -0.25) is 9.78 Å². The Hall–Kier alpha value is -3.55. The van der Waals surface area contributed by atoms with Crippen molar-refractivity contribution in [2.45, 2.75) is 24.2 Å². The van der Waals surface area contributed by atoms with Crippen molar-refractivity contribution in [2.24, 2.45) is 5.73 Å². The average molecular weight is 391 g/mol. The lowest BCUT2D eigenvalue weighted by atomic mass is 9.78. The third-order valence-electron chi connectivity index (χ3n) is 5.92. The van der Waals surface area contributed by atoms with Gasteiger partial charge >= 0.3 is 0 Å². The van der Waals surface area contributed by atoms with E-state index in [9.17, 15) is 13.6 Å². The molecule has 29 heavy (non-hydrogen) atoms. The van der Waals surface area contributed by atoms with Crippen LogP contribution in [0.2, 0.25) is 0 Å². The Morgan fingerprint density at radius 3 is 2.69 bits per heavy atom. The summed E-state index contributed by atoms with van der Waals surface area (Å²) in [5.41, 5.74) is 7.44. The summed E-state index contributed by atoms with van der Waals surface area (Å²) in [6, 6.07) is 5.35. The third-order valence-corrected chi connectivity index (χ3v) is 5.92. The Balaban J connectivity index is 1.69. The van der Waals surface area contributed by atoms with Crippen molar-refractivity contribution in [3.05, 3.63) is 83.1 Å². The van der Waals surface area contributed by atoms with E-state index in [2.05, 4.69) is 26.7 Å². The number of aromatic nitrogens is 4. The highest BCUT2D eigenvalue weighted by Gasteiger charge is 2.56. The minimum atomic E-state index is -0.738. The highest BCUT2D eigenvalue weighted by Crippen LogP contribution is 2.62. The summed E-state index contributed by atoms with van der Waals surface area (Å²) < 4.78 is 28.5. The molecular weight excluding hydrogens is 376 g/mol. The van der Waals surface area contributed by atoms with Gasteiger partial charge in [-0.05, 0) is 36.6 Å². The largest absolute Gasteiger partial charge is 0.364 e. The van der Waals surface area contributed by atoms with Crippen LogP contribution in [0.15, 0.2) is 48.8 Å². The summed E-state index contributed by atoms with van der Waals surface area (Å²) in [6.45, 7) is 4.25. The number of nitrogens with two attached hydrogens (primary N) is 1. The summed E-state index contributed by atoms with van der Waals surface area (Å²) in [4.78, 5) is 20.1. The lowest BCUT2D eigenvalue weighted by molar-refractivity contribution is 0.0994. The van der Waals surface area contributed by atoms with Gasteiger partial charge in [0.25, 0.3) is 5.91 Å². The number of hydrogen-bond donors (Lipinski definition) is 1. The van der Waals surface area contributed by atoms with E-state index in [0.29, 0.717) is 17.8 Å². The maximum absolute atomic E-state index is 14.2. The molecule has 8 heteroatoms. The molecular formula is C21H15F2N5O. The molecule has 6 nitrogen and oxygen atoms in total. The Morgan fingerprint density at radius 1 is 1.21 bits per heavy atom. The molecule has 0 spiro atoms. The fourth-order valence-electron chi connectivity index (χ4n) is 4.58. The van der Waals surface area contributed by atoms with Crippen LogP contribution < -0.4 is 5.73 Å². The molecule has 0 radical (unpaired) electrons. The molecule has 1 fully saturated rings. The van der Waals surface area contributed by atoms with Gasteiger partial charge < -0.3 is 5.73 Å². The van der Waals surface area contributed by atoms with Crippen molar-refractivity contribution < 1.29 is 13.6 Å². The first-order chi connectivity index (χ1) is 13.9. The van der Waals surface area contributed by atoms with Gasteiger partial charge in [0.2, 0.25) is 0 Å². The monoisotopic (exact) mass is 391 g/mol. The minimum absolute atomic E-state index is 0.0341. The maximum atomic E-state index is 14.2. The SMILES string of the molecule is C=C1[C@@H]2CC[C@@]1(c1cncc(C(N)=O)n1)c1nnc(-c3c(F)cccc3F)cc12. The minimum Gasteiger partial charge on any atom is -0.364 e. The summed E-state index contributed by atoms with van der Waals surface area (Å²) >= 11 is 0. The first-order valence-corrected chi connectivity index (χ1v) is 9.07. The zero-order valence-corrected chi connectivity index (χ0v) is 15.2. The predicted octanol–water partition coefficient (Wildman–Crippen LogP) is 3.04. The van der Waals surface area contributed by atoms with Gasteiger partial charge in [0.15, 0.2) is 0 Å². The molecule has 2 N–H and O–H groups in total. The van der Waals surface area contributed by atoms with E-state index in [1.165, 1.54) is 24.4 Å². The van der Waals surface area contributed by atoms with E-state index >= 15 is 0 Å². The van der Waals surface area contributed by atoms with E-state index in [1.807, 2.05) is 0 Å². The van der Waals surface area contributed by atoms with E-state index in [1.54, 1.807) is 12.3 Å². The number of carbonyl (C=O) groups is 1. The van der Waals surface area contributed by atoms with Gasteiger partial charge in [-0.1, -0.05) is 18.2 Å². The van der Waals surface area contributed by atoms with Crippen LogP contribution >= 0.6 is 0 Å². The molecule has 2 aromatic heterocycles. The zero-order chi connectivity index (χ0) is 20.3. The molecule has 2 aliphatic carbocycles. The Kier molecular flexibility index (Phi) is 3.61. The first-order valence-electron chi connectivity index (χ1n) is 9.07. The van der Waals surface area contributed by atoms with Gasteiger partial charge in [-0.15, -0.1) is 5.10 Å². The van der Waals surface area contributed by atoms with Crippen LogP contribution in [0.4, 0.5) is 8.78 Å². The Bertz CT molecular complexity index is 1190. The van der Waals surface area contributed by atoms with E-state index in [4.69, 9.17) is 5.73 Å². The molecule has 1 aromatic carbocycles. The first kappa shape index (κ1) is 17.5. The number of nitrogens with zero attached hydrogens (tertiary/aromatic N) is 4. The fraction of sp³-hybridized carbons (Fsp3) is 0.190. The zero-order valence-electron chi connectivity index (χ0n) is 15.2. The highest BCUT2D eigenvalue weighted by atomic mass is 19.1. The van der Waals surface area contributed by atoms with Crippen molar-refractivity contribution >= 4 is 5.91 Å². The molecule has 144 valence electrons. The number of benzene rings is 1. The van der Waals surface area contributed by atoms with E-state index < -0.39 is 23.0 Å². The van der Waals surface area contributed by atoms with E-state index in [0.717, 1.165) is 17.6 Å². The fourth-order valence-corrected chi connectivity index (χ4v) is 4.58. The van der Waals surface area contributed by atoms with Crippen molar-refractivity contribution in [1.82, 2.24) is 20.2 Å². The van der Waals surface area contributed by atoms with E-state index in [-0.39, 0.29) is 22.9 Å². The lowest BCUT2D eigenvalue weighted by Gasteiger charge is -2.27. The molecule has 5 rings (SSSR count). The summed E-state index contributed by atoms with van der Waals surface area (Å²) in [6.07, 6.45) is 4.34. The smallest absolute Gasteiger partial charge is 0.268 e. The quantitative estimate of drug-likeness (QED) is 0.693. The molecule has 2 heterocycles. The van der Waals surface area contributed by atoms with Crippen LogP contribution in [0.1, 0.15) is 46.2 Å². The van der Waals surface area contributed by atoms with Crippen LogP contribution in [0.5, 0.6) is 0 Å². The number of halogens is 2. The highest BCUT2D eigenvalue weighted by molar-refractivity contribution is 5.90. The van der Waals surface area contributed by atoms with Gasteiger partial charge in [-0.25, -0.2) is 13.8 Å². The van der Waals surface area contributed by atoms with Crippen LogP contribution in [-0.4, -0.2) is 26.1 Å². The van der Waals surface area contributed by atoms with Gasteiger partial charge in [0.1, 0.15) is 17.3 Å². The number of rotatable bonds is 3. The van der Waals surface area contributed by atoms with Crippen LogP contribution in [0, 0.1) is 11.6 Å². The summed E-state index contributed by atoms with van der Waals surface area (Å²) in [5, 5.41) is 8.46. The third kappa shape index (κ3) is 2.28.